The van der Waals surface area contributed by atoms with Gasteiger partial charge in [-0.1, -0.05) is 6.92 Å². The highest BCUT2D eigenvalue weighted by atomic mass is 32.2. The van der Waals surface area contributed by atoms with Crippen molar-refractivity contribution in [2.24, 2.45) is 5.92 Å². The Morgan fingerprint density at radius 3 is 2.93 bits per heavy atom. The lowest BCUT2D eigenvalue weighted by atomic mass is 10.2. The van der Waals surface area contributed by atoms with E-state index in [0.29, 0.717) is 10.6 Å². The van der Waals surface area contributed by atoms with Crippen LogP contribution in [0.15, 0.2) is 17.0 Å². The van der Waals surface area contributed by atoms with Gasteiger partial charge in [-0.15, -0.1) is 11.8 Å². The highest BCUT2D eigenvalue weighted by molar-refractivity contribution is 7.99. The van der Waals surface area contributed by atoms with Crippen molar-refractivity contribution >= 4 is 23.4 Å². The van der Waals surface area contributed by atoms with E-state index in [4.69, 9.17) is 0 Å². The molecule has 0 radical (unpaired) electrons. The number of carbonyl (C=O) groups excluding carboxylic acids is 1. The summed E-state index contributed by atoms with van der Waals surface area (Å²) in [5.41, 5.74) is 0.0933. The van der Waals surface area contributed by atoms with Crippen LogP contribution in [0.4, 0.5) is 14.5 Å². The summed E-state index contributed by atoms with van der Waals surface area (Å²) >= 11 is 1.29. The van der Waals surface area contributed by atoms with Gasteiger partial charge >= 0.3 is 0 Å². The molecule has 1 atom stereocenters. The van der Waals surface area contributed by atoms with Gasteiger partial charge in [0.25, 0.3) is 0 Å². The van der Waals surface area contributed by atoms with Crippen LogP contribution in [-0.4, -0.2) is 11.7 Å². The first-order valence-corrected chi connectivity index (χ1v) is 5.49. The molecular formula is C10H9F2NOS. The summed E-state index contributed by atoms with van der Waals surface area (Å²) < 4.78 is 26.3. The third kappa shape index (κ3) is 1.97. The molecule has 5 heteroatoms. The first-order chi connectivity index (χ1) is 7.08. The molecule has 80 valence electrons. The maximum Gasteiger partial charge on any atom is 0.228 e. The first-order valence-electron chi connectivity index (χ1n) is 4.50. The number of halogens is 2. The van der Waals surface area contributed by atoms with Crippen molar-refractivity contribution in [1.29, 1.82) is 0 Å². The highest BCUT2D eigenvalue weighted by Crippen LogP contribution is 2.34. The minimum absolute atomic E-state index is 0.0933. The molecule has 1 aromatic rings. The highest BCUT2D eigenvalue weighted by Gasteiger charge is 2.23. The molecule has 2 nitrogen and oxygen atoms in total. The third-order valence-corrected chi connectivity index (χ3v) is 3.50. The molecular weight excluding hydrogens is 220 g/mol. The number of carbonyl (C=O) groups is 1. The smallest absolute Gasteiger partial charge is 0.228 e. The summed E-state index contributed by atoms with van der Waals surface area (Å²) in [5, 5.41) is 2.47. The van der Waals surface area contributed by atoms with E-state index in [9.17, 15) is 13.6 Å². The fourth-order valence-electron chi connectivity index (χ4n) is 1.32. The van der Waals surface area contributed by atoms with Crippen molar-refractivity contribution in [2.45, 2.75) is 11.8 Å². The monoisotopic (exact) mass is 229 g/mol. The van der Waals surface area contributed by atoms with Gasteiger partial charge in [-0.05, 0) is 6.07 Å². The minimum atomic E-state index is -0.722. The summed E-state index contributed by atoms with van der Waals surface area (Å²) in [6, 6.07) is 2.01. The average molecular weight is 229 g/mol. The van der Waals surface area contributed by atoms with Crippen LogP contribution in [-0.2, 0) is 4.79 Å². The topological polar surface area (TPSA) is 29.1 Å². The maximum absolute atomic E-state index is 13.3. The quantitative estimate of drug-likeness (QED) is 0.741. The molecule has 1 unspecified atom stereocenters. The molecule has 0 saturated heterocycles. The number of thioether (sulfide) groups is 1. The van der Waals surface area contributed by atoms with Crippen LogP contribution in [0, 0.1) is 17.6 Å². The molecule has 0 saturated carbocycles. The Hall–Kier alpha value is -1.10. The van der Waals surface area contributed by atoms with Gasteiger partial charge in [-0.25, -0.2) is 8.78 Å². The standard InChI is InChI=1S/C10H9F2NOS/c1-5-4-15-8-3-6(11)2-7(12)9(8)13-10(5)14/h2-3,5H,4H2,1H3,(H,13,14). The Kier molecular flexibility index (Phi) is 2.65. The molecule has 0 fully saturated rings. The number of fused-ring (bicyclic) bond motifs is 1. The van der Waals surface area contributed by atoms with E-state index in [-0.39, 0.29) is 17.5 Å². The second-order valence-corrected chi connectivity index (χ2v) is 4.52. The molecule has 1 N–H and O–H groups in total. The largest absolute Gasteiger partial charge is 0.322 e. The Labute approximate surface area is 90.1 Å². The van der Waals surface area contributed by atoms with Crippen LogP contribution in [0.1, 0.15) is 6.92 Å². The van der Waals surface area contributed by atoms with Crippen LogP contribution < -0.4 is 5.32 Å². The van der Waals surface area contributed by atoms with E-state index in [2.05, 4.69) is 5.32 Å². The number of hydrogen-bond donors (Lipinski definition) is 1. The van der Waals surface area contributed by atoms with Crippen molar-refractivity contribution in [3.63, 3.8) is 0 Å². The van der Waals surface area contributed by atoms with E-state index in [1.165, 1.54) is 17.8 Å². The van der Waals surface area contributed by atoms with Crippen molar-refractivity contribution < 1.29 is 13.6 Å². The minimum Gasteiger partial charge on any atom is -0.322 e. The van der Waals surface area contributed by atoms with E-state index in [1.807, 2.05) is 0 Å². The van der Waals surface area contributed by atoms with Gasteiger partial charge in [0.05, 0.1) is 5.69 Å². The number of hydrogen-bond acceptors (Lipinski definition) is 2. The van der Waals surface area contributed by atoms with Crippen LogP contribution in [0.25, 0.3) is 0 Å². The molecule has 1 heterocycles. The fraction of sp³-hybridized carbons (Fsp3) is 0.300. The van der Waals surface area contributed by atoms with Gasteiger partial charge in [-0.2, -0.15) is 0 Å². The second kappa shape index (κ2) is 3.81. The zero-order valence-electron chi connectivity index (χ0n) is 8.01. The summed E-state index contributed by atoms with van der Waals surface area (Å²) in [4.78, 5) is 11.9. The number of rotatable bonds is 0. The molecule has 1 aliphatic rings. The Balaban J connectivity index is 2.47. The van der Waals surface area contributed by atoms with Gasteiger partial charge in [0.15, 0.2) is 5.82 Å². The zero-order chi connectivity index (χ0) is 11.0. The molecule has 1 amide bonds. The molecule has 2 rings (SSSR count). The number of benzene rings is 1. The SMILES string of the molecule is CC1CSc2cc(F)cc(F)c2NC1=O. The molecule has 0 bridgehead atoms. The predicted molar refractivity (Wildman–Crippen MR) is 54.9 cm³/mol. The van der Waals surface area contributed by atoms with E-state index >= 15 is 0 Å². The molecule has 0 aliphatic carbocycles. The first kappa shape index (κ1) is 10.4. The number of amides is 1. The lowest BCUT2D eigenvalue weighted by Crippen LogP contribution is -2.20. The summed E-state index contributed by atoms with van der Waals surface area (Å²) in [6.07, 6.45) is 0. The Morgan fingerprint density at radius 2 is 2.20 bits per heavy atom. The van der Waals surface area contributed by atoms with Crippen molar-refractivity contribution in [3.05, 3.63) is 23.8 Å². The van der Waals surface area contributed by atoms with Gasteiger partial charge in [0.2, 0.25) is 5.91 Å². The summed E-state index contributed by atoms with van der Waals surface area (Å²) in [7, 11) is 0. The van der Waals surface area contributed by atoms with Gasteiger partial charge in [0, 0.05) is 22.6 Å². The molecule has 15 heavy (non-hydrogen) atoms. The summed E-state index contributed by atoms with van der Waals surface area (Å²) in [6.45, 7) is 1.75. The average Bonchev–Trinajstić information content (AvgIpc) is 2.30. The van der Waals surface area contributed by atoms with Crippen molar-refractivity contribution in [3.8, 4) is 0 Å². The third-order valence-electron chi connectivity index (χ3n) is 2.20. The normalized spacial score (nSPS) is 20.5. The number of anilines is 1. The van der Waals surface area contributed by atoms with Gasteiger partial charge in [0.1, 0.15) is 5.82 Å². The molecule has 0 aromatic heterocycles. The van der Waals surface area contributed by atoms with Crippen molar-refractivity contribution in [1.82, 2.24) is 0 Å². The lowest BCUT2D eigenvalue weighted by molar-refractivity contribution is -0.118. The van der Waals surface area contributed by atoms with Gasteiger partial charge in [-0.3, -0.25) is 4.79 Å². The van der Waals surface area contributed by atoms with Crippen LogP contribution in [0.3, 0.4) is 0 Å². The van der Waals surface area contributed by atoms with E-state index in [0.717, 1.165) is 6.07 Å². The molecule has 1 aromatic carbocycles. The molecule has 1 aliphatic heterocycles. The molecule has 0 spiro atoms. The van der Waals surface area contributed by atoms with E-state index < -0.39 is 11.6 Å². The van der Waals surface area contributed by atoms with Crippen LogP contribution in [0.5, 0.6) is 0 Å². The van der Waals surface area contributed by atoms with Gasteiger partial charge < -0.3 is 5.32 Å². The van der Waals surface area contributed by atoms with Crippen LogP contribution in [0.2, 0.25) is 0 Å². The van der Waals surface area contributed by atoms with E-state index in [1.54, 1.807) is 6.92 Å². The summed E-state index contributed by atoms with van der Waals surface area (Å²) in [5.74, 6) is -1.25. The maximum atomic E-state index is 13.3. The Morgan fingerprint density at radius 1 is 1.47 bits per heavy atom. The second-order valence-electron chi connectivity index (χ2n) is 3.46. The zero-order valence-corrected chi connectivity index (χ0v) is 8.83. The predicted octanol–water partition coefficient (Wildman–Crippen LogP) is 2.65. The fourth-order valence-corrected chi connectivity index (χ4v) is 2.39. The number of nitrogens with one attached hydrogen (secondary N) is 1. The van der Waals surface area contributed by atoms with Crippen molar-refractivity contribution in [2.75, 3.05) is 11.1 Å². The Bertz CT molecular complexity index is 422. The lowest BCUT2D eigenvalue weighted by Gasteiger charge is -2.07. The van der Waals surface area contributed by atoms with Crippen LogP contribution >= 0.6 is 11.8 Å².